The summed E-state index contributed by atoms with van der Waals surface area (Å²) in [5.41, 5.74) is 26.2. The largest absolute Gasteiger partial charge is 0.455 e. The zero-order valence-corrected chi connectivity index (χ0v) is 55.8. The number of rotatable bonds is 13. The smallest absolute Gasteiger partial charge is 0.143 e. The Balaban J connectivity index is 0.000000147. The Morgan fingerprint density at radius 2 is 0.382 bits per heavy atom. The molecule has 17 aromatic carbocycles. The van der Waals surface area contributed by atoms with Gasteiger partial charge >= 0.3 is 0 Å². The molecule has 0 fully saturated rings. The Labute approximate surface area is 592 Å². The summed E-state index contributed by atoms with van der Waals surface area (Å²) in [6.07, 6.45) is 0. The molecule has 19 rings (SSSR count). The van der Waals surface area contributed by atoms with Crippen LogP contribution in [0.25, 0.3) is 143 Å². The second kappa shape index (κ2) is 26.7. The number of anilines is 6. The van der Waals surface area contributed by atoms with E-state index in [2.05, 4.69) is 410 Å². The fourth-order valence-corrected chi connectivity index (χ4v) is 14.8. The molecule has 19 aromatic rings. The highest BCUT2D eigenvalue weighted by Gasteiger charge is 2.22. The maximum atomic E-state index is 6.94. The van der Waals surface area contributed by atoms with Crippen LogP contribution >= 0.6 is 0 Å². The van der Waals surface area contributed by atoms with Gasteiger partial charge in [0, 0.05) is 77.9 Å². The van der Waals surface area contributed by atoms with Gasteiger partial charge in [-0.05, 0) is 150 Å². The first kappa shape index (κ1) is 60.8. The van der Waals surface area contributed by atoms with Crippen LogP contribution in [-0.2, 0) is 0 Å². The summed E-state index contributed by atoms with van der Waals surface area (Å²) in [6.45, 7) is 0. The quantitative estimate of drug-likeness (QED) is 0.115. The van der Waals surface area contributed by atoms with Crippen LogP contribution in [0.15, 0.2) is 409 Å². The molecule has 0 unspecified atom stereocenters. The molecule has 0 radical (unpaired) electrons. The van der Waals surface area contributed by atoms with E-state index >= 15 is 0 Å². The van der Waals surface area contributed by atoms with Gasteiger partial charge < -0.3 is 18.6 Å². The van der Waals surface area contributed by atoms with Gasteiger partial charge in [-0.3, -0.25) is 0 Å². The standard InChI is InChI=1S/C52H35NO.C46H31NO/c1-3-13-36(14-4-1)38-27-31-42(32-28-38)53(43-33-29-39(30-34-43)37-15-5-2-6-16-37)44-20-9-19-41(35-44)46-22-11-25-49-50-26-12-24-48(52(50)54-51(46)49)47-23-10-18-40-17-7-8-21-45(40)47;1-3-13-32(14-4-1)33-27-29-37(30-28-33)47(36-18-5-2-6-19-36)38-20-9-17-35(31-38)40-22-11-25-43-44-26-12-24-42(46(44)48-45(40)43)41-23-10-16-34-15-7-8-21-39(34)41/h1-35H;1-31H. The zero-order valence-electron chi connectivity index (χ0n) is 55.8. The Morgan fingerprint density at radius 3 is 0.755 bits per heavy atom. The van der Waals surface area contributed by atoms with Gasteiger partial charge in [-0.15, -0.1) is 0 Å². The maximum Gasteiger partial charge on any atom is 0.143 e. The number of hydrogen-bond donors (Lipinski definition) is 0. The number of furan rings is 2. The minimum Gasteiger partial charge on any atom is -0.455 e. The number of hydrogen-bond acceptors (Lipinski definition) is 4. The highest BCUT2D eigenvalue weighted by molar-refractivity contribution is 6.16. The van der Waals surface area contributed by atoms with Gasteiger partial charge in [-0.25, -0.2) is 0 Å². The van der Waals surface area contributed by atoms with Crippen molar-refractivity contribution in [1.29, 1.82) is 0 Å². The van der Waals surface area contributed by atoms with Crippen molar-refractivity contribution in [3.05, 3.63) is 400 Å². The number of para-hydroxylation sites is 5. The molecule has 2 aromatic heterocycles. The van der Waals surface area contributed by atoms with Crippen LogP contribution in [0.5, 0.6) is 0 Å². The molecule has 0 bridgehead atoms. The molecular weight excluding hydrogens is 1240 g/mol. The average Bonchev–Trinajstić information content (AvgIpc) is 1.15. The molecule has 0 atom stereocenters. The van der Waals surface area contributed by atoms with Crippen molar-refractivity contribution in [3.63, 3.8) is 0 Å². The fraction of sp³-hybridized carbons (Fsp3) is 0. The predicted molar refractivity (Wildman–Crippen MR) is 430 cm³/mol. The van der Waals surface area contributed by atoms with E-state index < -0.39 is 0 Å². The molecule has 0 aliphatic rings. The second-order valence-corrected chi connectivity index (χ2v) is 25.8. The van der Waals surface area contributed by atoms with Crippen LogP contribution in [-0.4, -0.2) is 0 Å². The van der Waals surface area contributed by atoms with Gasteiger partial charge in [0.15, 0.2) is 0 Å². The first-order valence-electron chi connectivity index (χ1n) is 34.8. The van der Waals surface area contributed by atoms with E-state index in [-0.39, 0.29) is 0 Å². The third-order valence-electron chi connectivity index (χ3n) is 19.8. The molecule has 480 valence electrons. The lowest BCUT2D eigenvalue weighted by atomic mass is 9.96. The molecule has 0 saturated heterocycles. The van der Waals surface area contributed by atoms with Gasteiger partial charge in [0.05, 0.1) is 0 Å². The minimum atomic E-state index is 0.892. The molecule has 4 heteroatoms. The van der Waals surface area contributed by atoms with Crippen LogP contribution in [0.2, 0.25) is 0 Å². The number of nitrogens with zero attached hydrogens (tertiary/aromatic N) is 2. The van der Waals surface area contributed by atoms with Gasteiger partial charge in [0.1, 0.15) is 22.3 Å². The van der Waals surface area contributed by atoms with E-state index in [4.69, 9.17) is 8.83 Å². The van der Waals surface area contributed by atoms with Crippen molar-refractivity contribution >= 4 is 99.5 Å². The van der Waals surface area contributed by atoms with E-state index in [9.17, 15) is 0 Å². The van der Waals surface area contributed by atoms with Crippen LogP contribution in [0.3, 0.4) is 0 Å². The van der Waals surface area contributed by atoms with Crippen molar-refractivity contribution < 1.29 is 8.83 Å². The van der Waals surface area contributed by atoms with Crippen molar-refractivity contribution in [2.24, 2.45) is 0 Å². The Hall–Kier alpha value is -13.5. The molecular formula is C98H66N2O2. The summed E-state index contributed by atoms with van der Waals surface area (Å²) in [5.74, 6) is 0. The van der Waals surface area contributed by atoms with E-state index in [1.807, 2.05) is 0 Å². The Morgan fingerprint density at radius 1 is 0.147 bits per heavy atom. The van der Waals surface area contributed by atoms with Crippen molar-refractivity contribution in [3.8, 4) is 77.9 Å². The summed E-state index contributed by atoms with van der Waals surface area (Å²) < 4.78 is 13.8. The van der Waals surface area contributed by atoms with Gasteiger partial charge in [-0.2, -0.15) is 0 Å². The van der Waals surface area contributed by atoms with Gasteiger partial charge in [0.25, 0.3) is 0 Å². The summed E-state index contributed by atoms with van der Waals surface area (Å²) in [4.78, 5) is 4.65. The lowest BCUT2D eigenvalue weighted by Crippen LogP contribution is -2.10. The molecule has 0 saturated carbocycles. The predicted octanol–water partition coefficient (Wildman–Crippen LogP) is 28.1. The van der Waals surface area contributed by atoms with E-state index in [0.717, 1.165) is 111 Å². The van der Waals surface area contributed by atoms with Crippen LogP contribution in [0.1, 0.15) is 0 Å². The number of fused-ring (bicyclic) bond motifs is 8. The van der Waals surface area contributed by atoms with Gasteiger partial charge in [-0.1, -0.05) is 328 Å². The van der Waals surface area contributed by atoms with Gasteiger partial charge in [0.2, 0.25) is 0 Å². The molecule has 2 heterocycles. The van der Waals surface area contributed by atoms with Crippen LogP contribution in [0, 0.1) is 0 Å². The summed E-state index contributed by atoms with van der Waals surface area (Å²) in [5, 5.41) is 9.34. The lowest BCUT2D eigenvalue weighted by Gasteiger charge is -2.26. The Bertz CT molecular complexity index is 6130. The molecule has 0 aliphatic heterocycles. The molecule has 4 nitrogen and oxygen atoms in total. The molecule has 102 heavy (non-hydrogen) atoms. The van der Waals surface area contributed by atoms with Crippen LogP contribution in [0.4, 0.5) is 34.1 Å². The molecule has 0 aliphatic carbocycles. The monoisotopic (exact) mass is 1300 g/mol. The summed E-state index contributed by atoms with van der Waals surface area (Å²) in [7, 11) is 0. The summed E-state index contributed by atoms with van der Waals surface area (Å²) in [6, 6.07) is 142. The fourth-order valence-electron chi connectivity index (χ4n) is 14.8. The normalized spacial score (nSPS) is 11.3. The Kier molecular flexibility index (Phi) is 15.9. The van der Waals surface area contributed by atoms with Crippen molar-refractivity contribution in [2.75, 3.05) is 9.80 Å². The topological polar surface area (TPSA) is 32.8 Å². The van der Waals surface area contributed by atoms with E-state index in [1.165, 1.54) is 66.1 Å². The van der Waals surface area contributed by atoms with Crippen molar-refractivity contribution in [1.82, 2.24) is 0 Å². The second-order valence-electron chi connectivity index (χ2n) is 25.8. The van der Waals surface area contributed by atoms with E-state index in [1.54, 1.807) is 0 Å². The molecule has 0 spiro atoms. The highest BCUT2D eigenvalue weighted by Crippen LogP contribution is 2.47. The first-order chi connectivity index (χ1) is 50.6. The average molecular weight is 1300 g/mol. The van der Waals surface area contributed by atoms with E-state index in [0.29, 0.717) is 0 Å². The SMILES string of the molecule is c1ccc(-c2ccc(N(c3ccc(-c4ccccc4)cc3)c3cccc(-c4cccc5c4oc4c(-c6cccc7ccccc67)cccc45)c3)cc2)cc1.c1ccc(-c2ccc(N(c3ccccc3)c3cccc(-c4cccc5c4oc4c(-c6cccc7ccccc67)cccc45)c3)cc2)cc1. The van der Waals surface area contributed by atoms with Crippen LogP contribution < -0.4 is 9.80 Å². The third kappa shape index (κ3) is 11.5. The van der Waals surface area contributed by atoms with Crippen molar-refractivity contribution in [2.45, 2.75) is 0 Å². The minimum absolute atomic E-state index is 0.892. The third-order valence-corrected chi connectivity index (χ3v) is 19.8. The molecule has 0 amide bonds. The highest BCUT2D eigenvalue weighted by atomic mass is 16.3. The zero-order chi connectivity index (χ0) is 67.7. The first-order valence-corrected chi connectivity index (χ1v) is 34.8. The lowest BCUT2D eigenvalue weighted by molar-refractivity contribution is 0.671. The maximum absolute atomic E-state index is 6.94. The number of benzene rings is 17. The summed E-state index contributed by atoms with van der Waals surface area (Å²) >= 11 is 0. The molecule has 0 N–H and O–H groups in total.